The highest BCUT2D eigenvalue weighted by Gasteiger charge is 2.22. The van der Waals surface area contributed by atoms with Gasteiger partial charge in [-0.1, -0.05) is 39.8 Å². The molecule has 3 heteroatoms. The number of carbonyl (C=O) groups is 1. The minimum atomic E-state index is -0.657. The van der Waals surface area contributed by atoms with Crippen LogP contribution < -0.4 is 4.74 Å². The van der Waals surface area contributed by atoms with E-state index in [1.54, 1.807) is 12.1 Å². The molecule has 0 amide bonds. The van der Waals surface area contributed by atoms with Crippen molar-refractivity contribution in [3.63, 3.8) is 0 Å². The van der Waals surface area contributed by atoms with Crippen molar-refractivity contribution in [2.45, 2.75) is 59.0 Å². The van der Waals surface area contributed by atoms with Crippen molar-refractivity contribution >= 4 is 6.16 Å². The van der Waals surface area contributed by atoms with Crippen molar-refractivity contribution in [2.24, 2.45) is 0 Å². The lowest BCUT2D eigenvalue weighted by Gasteiger charge is -2.22. The number of hydrogen-bond donors (Lipinski definition) is 0. The van der Waals surface area contributed by atoms with Crippen molar-refractivity contribution in [1.29, 1.82) is 0 Å². The fourth-order valence-electron chi connectivity index (χ4n) is 1.44. The van der Waals surface area contributed by atoms with E-state index in [-0.39, 0.29) is 5.41 Å². The third-order valence-corrected chi connectivity index (χ3v) is 3.13. The Morgan fingerprint density at radius 2 is 1.58 bits per heavy atom. The van der Waals surface area contributed by atoms with E-state index in [0.717, 1.165) is 6.42 Å². The van der Waals surface area contributed by atoms with Crippen molar-refractivity contribution in [3.8, 4) is 5.75 Å². The summed E-state index contributed by atoms with van der Waals surface area (Å²) < 4.78 is 10.4. The van der Waals surface area contributed by atoms with Gasteiger partial charge in [0.05, 0.1) is 0 Å². The molecular weight excluding hydrogens is 240 g/mol. The largest absolute Gasteiger partial charge is 0.514 e. The van der Waals surface area contributed by atoms with Crippen LogP contribution in [0.25, 0.3) is 0 Å². The highest BCUT2D eigenvalue weighted by molar-refractivity contribution is 5.64. The van der Waals surface area contributed by atoms with Crippen molar-refractivity contribution < 1.29 is 14.3 Å². The normalized spacial score (nSPS) is 12.1. The Hall–Kier alpha value is -1.51. The van der Waals surface area contributed by atoms with Crippen LogP contribution in [0.15, 0.2) is 24.3 Å². The van der Waals surface area contributed by atoms with Gasteiger partial charge in [0, 0.05) is 0 Å². The molecule has 0 unspecified atom stereocenters. The standard InChI is InChI=1S/C16H24O3/c1-7-16(5,6)19-14(17)18-13-10-8-12(9-11-13)15(2,3)4/h8-11H,7H2,1-6H3. The second-order valence-corrected chi connectivity index (χ2v) is 6.34. The summed E-state index contributed by atoms with van der Waals surface area (Å²) in [5.74, 6) is 0.505. The smallest absolute Gasteiger partial charge is 0.428 e. The molecule has 0 saturated heterocycles. The van der Waals surface area contributed by atoms with Crippen LogP contribution in [0.5, 0.6) is 5.75 Å². The summed E-state index contributed by atoms with van der Waals surface area (Å²) in [6.07, 6.45) is 0.0841. The third kappa shape index (κ3) is 4.93. The zero-order valence-electron chi connectivity index (χ0n) is 12.7. The number of benzene rings is 1. The van der Waals surface area contributed by atoms with Gasteiger partial charge in [0.25, 0.3) is 0 Å². The minimum absolute atomic E-state index is 0.0865. The van der Waals surface area contributed by atoms with Crippen LogP contribution >= 0.6 is 0 Å². The van der Waals surface area contributed by atoms with Crippen LogP contribution in [0.4, 0.5) is 4.79 Å². The average molecular weight is 264 g/mol. The van der Waals surface area contributed by atoms with E-state index in [1.165, 1.54) is 5.56 Å². The first-order valence-corrected chi connectivity index (χ1v) is 6.65. The Morgan fingerprint density at radius 1 is 1.05 bits per heavy atom. The van der Waals surface area contributed by atoms with Crippen molar-refractivity contribution in [2.75, 3.05) is 0 Å². The highest BCUT2D eigenvalue weighted by Crippen LogP contribution is 2.24. The monoisotopic (exact) mass is 264 g/mol. The molecular formula is C16H24O3. The maximum absolute atomic E-state index is 11.6. The number of hydrogen-bond acceptors (Lipinski definition) is 3. The molecule has 19 heavy (non-hydrogen) atoms. The van der Waals surface area contributed by atoms with Crippen molar-refractivity contribution in [3.05, 3.63) is 29.8 Å². The molecule has 0 aliphatic heterocycles. The fourth-order valence-corrected chi connectivity index (χ4v) is 1.44. The fraction of sp³-hybridized carbons (Fsp3) is 0.562. The van der Waals surface area contributed by atoms with E-state index in [4.69, 9.17) is 9.47 Å². The van der Waals surface area contributed by atoms with Gasteiger partial charge in [-0.2, -0.15) is 0 Å². The maximum Gasteiger partial charge on any atom is 0.514 e. The van der Waals surface area contributed by atoms with Crippen LogP contribution in [0, 0.1) is 0 Å². The molecule has 1 aromatic rings. The number of ether oxygens (including phenoxy) is 2. The van der Waals surface area contributed by atoms with E-state index in [0.29, 0.717) is 5.75 Å². The Kier molecular flexibility index (Phi) is 4.61. The Bertz CT molecular complexity index is 424. The van der Waals surface area contributed by atoms with Gasteiger partial charge < -0.3 is 9.47 Å². The number of carbonyl (C=O) groups excluding carboxylic acids is 1. The van der Waals surface area contributed by atoms with Crippen LogP contribution in [0.1, 0.15) is 53.5 Å². The summed E-state index contributed by atoms with van der Waals surface area (Å²) in [6.45, 7) is 12.1. The van der Waals surface area contributed by atoms with Crippen LogP contribution in [0.2, 0.25) is 0 Å². The molecule has 3 nitrogen and oxygen atoms in total. The van der Waals surface area contributed by atoms with Crippen LogP contribution in [0.3, 0.4) is 0 Å². The first-order chi connectivity index (χ1) is 8.64. The lowest BCUT2D eigenvalue weighted by molar-refractivity contribution is 0.00706. The molecule has 0 saturated carbocycles. The summed E-state index contributed by atoms with van der Waals surface area (Å²) in [4.78, 5) is 11.6. The van der Waals surface area contributed by atoms with Gasteiger partial charge in [-0.25, -0.2) is 4.79 Å². The SMILES string of the molecule is CCC(C)(C)OC(=O)Oc1ccc(C(C)(C)C)cc1. The molecule has 0 bridgehead atoms. The van der Waals surface area contributed by atoms with Gasteiger partial charge in [0.1, 0.15) is 11.4 Å². The van der Waals surface area contributed by atoms with Crippen molar-refractivity contribution in [1.82, 2.24) is 0 Å². The summed E-state index contributed by atoms with van der Waals surface area (Å²) in [5, 5.41) is 0. The second kappa shape index (κ2) is 5.64. The van der Waals surface area contributed by atoms with Gasteiger partial charge in [0.15, 0.2) is 0 Å². The Balaban J connectivity index is 2.66. The van der Waals surface area contributed by atoms with Gasteiger partial charge in [-0.15, -0.1) is 0 Å². The van der Waals surface area contributed by atoms with Gasteiger partial charge in [-0.05, 0) is 43.4 Å². The zero-order valence-corrected chi connectivity index (χ0v) is 12.7. The predicted molar refractivity (Wildman–Crippen MR) is 76.6 cm³/mol. The van der Waals surface area contributed by atoms with Gasteiger partial charge in [0.2, 0.25) is 0 Å². The quantitative estimate of drug-likeness (QED) is 0.587. The van der Waals surface area contributed by atoms with E-state index >= 15 is 0 Å². The molecule has 0 aromatic heterocycles. The average Bonchev–Trinajstić information content (AvgIpc) is 2.27. The predicted octanol–water partition coefficient (Wildman–Crippen LogP) is 4.69. The molecule has 106 valence electrons. The molecule has 0 heterocycles. The molecule has 0 radical (unpaired) electrons. The summed E-state index contributed by atoms with van der Waals surface area (Å²) in [7, 11) is 0. The summed E-state index contributed by atoms with van der Waals surface area (Å²) >= 11 is 0. The number of rotatable bonds is 3. The van der Waals surface area contributed by atoms with Gasteiger partial charge >= 0.3 is 6.16 Å². The molecule has 0 aliphatic rings. The minimum Gasteiger partial charge on any atom is -0.428 e. The molecule has 0 fully saturated rings. The Morgan fingerprint density at radius 3 is 2.00 bits per heavy atom. The molecule has 0 spiro atoms. The first kappa shape index (κ1) is 15.5. The zero-order chi connectivity index (χ0) is 14.7. The van der Waals surface area contributed by atoms with Crippen LogP contribution in [-0.4, -0.2) is 11.8 Å². The molecule has 0 N–H and O–H groups in total. The highest BCUT2D eigenvalue weighted by atomic mass is 16.7. The summed E-state index contributed by atoms with van der Waals surface area (Å²) in [5.41, 5.74) is 0.785. The van der Waals surface area contributed by atoms with Crippen LogP contribution in [-0.2, 0) is 10.2 Å². The van der Waals surface area contributed by atoms with E-state index in [9.17, 15) is 4.79 Å². The summed E-state index contributed by atoms with van der Waals surface area (Å²) in [6, 6.07) is 7.52. The van der Waals surface area contributed by atoms with E-state index < -0.39 is 11.8 Å². The van der Waals surface area contributed by atoms with Gasteiger partial charge in [-0.3, -0.25) is 0 Å². The van der Waals surface area contributed by atoms with E-state index in [2.05, 4.69) is 20.8 Å². The maximum atomic E-state index is 11.6. The second-order valence-electron chi connectivity index (χ2n) is 6.34. The lowest BCUT2D eigenvalue weighted by atomic mass is 9.87. The van der Waals surface area contributed by atoms with E-state index in [1.807, 2.05) is 32.9 Å². The Labute approximate surface area is 115 Å². The lowest BCUT2D eigenvalue weighted by Crippen LogP contribution is -2.28. The molecule has 1 aromatic carbocycles. The topological polar surface area (TPSA) is 35.5 Å². The molecule has 0 atom stereocenters. The first-order valence-electron chi connectivity index (χ1n) is 6.65. The molecule has 1 rings (SSSR count). The third-order valence-electron chi connectivity index (χ3n) is 3.13. The molecule has 0 aliphatic carbocycles.